The van der Waals surface area contributed by atoms with Crippen LogP contribution in [0.5, 0.6) is 0 Å². The van der Waals surface area contributed by atoms with Gasteiger partial charge in [0.25, 0.3) is 0 Å². The van der Waals surface area contributed by atoms with Gasteiger partial charge in [-0.15, -0.1) is 0 Å². The zero-order chi connectivity index (χ0) is 7.98. The van der Waals surface area contributed by atoms with Gasteiger partial charge in [-0.25, -0.2) is 4.39 Å². The maximum Gasteiger partial charge on any atom is 0.125 e. The molecule has 0 aliphatic heterocycles. The van der Waals surface area contributed by atoms with Crippen LogP contribution in [-0.4, -0.2) is 7.05 Å². The highest BCUT2D eigenvalue weighted by Crippen LogP contribution is 2.02. The number of halogens is 1. The van der Waals surface area contributed by atoms with Crippen LogP contribution >= 0.6 is 0 Å². The van der Waals surface area contributed by atoms with Crippen molar-refractivity contribution in [1.29, 1.82) is 0 Å². The SMILES string of the molecule is CN.Nc1cccc(F)c1. The number of rotatable bonds is 0. The fraction of sp³-hybridized carbons (Fsp3) is 0.143. The topological polar surface area (TPSA) is 52.0 Å². The normalized spacial score (nSPS) is 7.90. The van der Waals surface area contributed by atoms with Gasteiger partial charge in [-0.1, -0.05) is 6.07 Å². The van der Waals surface area contributed by atoms with Crippen LogP contribution in [0.15, 0.2) is 24.3 Å². The van der Waals surface area contributed by atoms with E-state index in [-0.39, 0.29) is 5.82 Å². The lowest BCUT2D eigenvalue weighted by Gasteiger charge is -1.88. The second kappa shape index (κ2) is 4.76. The molecule has 0 unspecified atom stereocenters. The average molecular weight is 142 g/mol. The summed E-state index contributed by atoms with van der Waals surface area (Å²) in [5.41, 5.74) is 10.2. The molecule has 3 heteroatoms. The summed E-state index contributed by atoms with van der Waals surface area (Å²) >= 11 is 0. The zero-order valence-electron chi connectivity index (χ0n) is 5.84. The van der Waals surface area contributed by atoms with Gasteiger partial charge < -0.3 is 11.5 Å². The van der Waals surface area contributed by atoms with Crippen molar-refractivity contribution in [3.8, 4) is 0 Å². The summed E-state index contributed by atoms with van der Waals surface area (Å²) in [6.45, 7) is 0. The Hall–Kier alpha value is -1.09. The van der Waals surface area contributed by atoms with Crippen LogP contribution in [0.4, 0.5) is 10.1 Å². The van der Waals surface area contributed by atoms with Crippen molar-refractivity contribution in [2.24, 2.45) is 5.73 Å². The van der Waals surface area contributed by atoms with Crippen molar-refractivity contribution in [1.82, 2.24) is 0 Å². The third-order valence-corrected chi connectivity index (χ3v) is 0.849. The minimum absolute atomic E-state index is 0.287. The number of benzene rings is 1. The van der Waals surface area contributed by atoms with E-state index in [9.17, 15) is 4.39 Å². The van der Waals surface area contributed by atoms with E-state index in [0.29, 0.717) is 5.69 Å². The summed E-state index contributed by atoms with van der Waals surface area (Å²) in [4.78, 5) is 0. The van der Waals surface area contributed by atoms with Crippen molar-refractivity contribution >= 4 is 5.69 Å². The molecule has 1 rings (SSSR count). The van der Waals surface area contributed by atoms with E-state index >= 15 is 0 Å². The fourth-order valence-corrected chi connectivity index (χ4v) is 0.507. The predicted molar refractivity (Wildman–Crippen MR) is 40.9 cm³/mol. The Balaban J connectivity index is 0.000000371. The standard InChI is InChI=1S/C6H6FN.CH5N/c7-5-2-1-3-6(8)4-5;1-2/h1-4H,8H2;2H2,1H3. The summed E-state index contributed by atoms with van der Waals surface area (Å²) in [5, 5.41) is 0. The maximum atomic E-state index is 12.1. The van der Waals surface area contributed by atoms with E-state index in [1.165, 1.54) is 19.2 Å². The second-order valence-electron chi connectivity index (χ2n) is 1.56. The molecule has 0 saturated carbocycles. The molecular formula is C7H11FN2. The van der Waals surface area contributed by atoms with Gasteiger partial charge in [-0.05, 0) is 25.2 Å². The van der Waals surface area contributed by atoms with E-state index in [2.05, 4.69) is 5.73 Å². The molecule has 0 radical (unpaired) electrons. The Kier molecular flexibility index (Phi) is 4.24. The Morgan fingerprint density at radius 2 is 1.90 bits per heavy atom. The first kappa shape index (κ1) is 8.91. The lowest BCUT2D eigenvalue weighted by Crippen LogP contribution is -1.83. The van der Waals surface area contributed by atoms with Crippen molar-refractivity contribution in [3.63, 3.8) is 0 Å². The van der Waals surface area contributed by atoms with Crippen molar-refractivity contribution in [3.05, 3.63) is 30.1 Å². The van der Waals surface area contributed by atoms with Gasteiger partial charge in [-0.2, -0.15) is 0 Å². The van der Waals surface area contributed by atoms with Crippen molar-refractivity contribution in [2.75, 3.05) is 12.8 Å². The van der Waals surface area contributed by atoms with Gasteiger partial charge in [0.15, 0.2) is 0 Å². The maximum absolute atomic E-state index is 12.1. The van der Waals surface area contributed by atoms with Gasteiger partial charge in [0, 0.05) is 5.69 Å². The lowest BCUT2D eigenvalue weighted by molar-refractivity contribution is 0.628. The minimum atomic E-state index is -0.287. The van der Waals surface area contributed by atoms with Crippen LogP contribution < -0.4 is 11.5 Å². The largest absolute Gasteiger partial charge is 0.399 e. The van der Waals surface area contributed by atoms with Gasteiger partial charge in [0.05, 0.1) is 0 Å². The molecule has 2 nitrogen and oxygen atoms in total. The molecule has 0 heterocycles. The number of nitrogen functional groups attached to an aromatic ring is 1. The van der Waals surface area contributed by atoms with E-state index in [1.807, 2.05) is 0 Å². The highest BCUT2D eigenvalue weighted by Gasteiger charge is 1.85. The average Bonchev–Trinajstić information content (AvgIpc) is 1.91. The molecule has 0 saturated heterocycles. The van der Waals surface area contributed by atoms with E-state index in [0.717, 1.165) is 0 Å². The molecule has 0 atom stereocenters. The number of hydrogen-bond donors (Lipinski definition) is 2. The van der Waals surface area contributed by atoms with Crippen LogP contribution in [-0.2, 0) is 0 Å². The van der Waals surface area contributed by atoms with Crippen LogP contribution in [0.2, 0.25) is 0 Å². The molecule has 0 bridgehead atoms. The van der Waals surface area contributed by atoms with Crippen LogP contribution in [0.3, 0.4) is 0 Å². The summed E-state index contributed by atoms with van der Waals surface area (Å²) in [5.74, 6) is -0.287. The smallest absolute Gasteiger partial charge is 0.125 e. The minimum Gasteiger partial charge on any atom is -0.399 e. The summed E-state index contributed by atoms with van der Waals surface area (Å²) < 4.78 is 12.1. The van der Waals surface area contributed by atoms with Gasteiger partial charge in [0.2, 0.25) is 0 Å². The third kappa shape index (κ3) is 3.04. The molecular weight excluding hydrogens is 131 g/mol. The molecule has 0 aliphatic rings. The van der Waals surface area contributed by atoms with Gasteiger partial charge >= 0.3 is 0 Å². The van der Waals surface area contributed by atoms with Gasteiger partial charge in [-0.3, -0.25) is 0 Å². The first-order valence-electron chi connectivity index (χ1n) is 2.88. The van der Waals surface area contributed by atoms with Crippen molar-refractivity contribution < 1.29 is 4.39 Å². The summed E-state index contributed by atoms with van der Waals surface area (Å²) in [6.07, 6.45) is 0. The highest BCUT2D eigenvalue weighted by atomic mass is 19.1. The molecule has 1 aromatic carbocycles. The molecule has 4 N–H and O–H groups in total. The quantitative estimate of drug-likeness (QED) is 0.530. The monoisotopic (exact) mass is 142 g/mol. The van der Waals surface area contributed by atoms with E-state index in [4.69, 9.17) is 5.73 Å². The van der Waals surface area contributed by atoms with E-state index in [1.54, 1.807) is 12.1 Å². The molecule has 0 fully saturated rings. The van der Waals surface area contributed by atoms with Crippen LogP contribution in [0.25, 0.3) is 0 Å². The molecule has 0 spiro atoms. The number of nitrogens with two attached hydrogens (primary N) is 2. The fourth-order valence-electron chi connectivity index (χ4n) is 0.507. The molecule has 0 aromatic heterocycles. The van der Waals surface area contributed by atoms with E-state index < -0.39 is 0 Å². The number of hydrogen-bond acceptors (Lipinski definition) is 2. The first-order chi connectivity index (χ1) is 4.79. The molecule has 1 aromatic rings. The van der Waals surface area contributed by atoms with Crippen molar-refractivity contribution in [2.45, 2.75) is 0 Å². The second-order valence-corrected chi connectivity index (χ2v) is 1.56. The predicted octanol–water partition coefficient (Wildman–Crippen LogP) is 0.983. The zero-order valence-corrected chi connectivity index (χ0v) is 5.84. The summed E-state index contributed by atoms with van der Waals surface area (Å²) in [6, 6.07) is 5.85. The molecule has 56 valence electrons. The molecule has 0 amide bonds. The number of anilines is 1. The molecule has 0 aliphatic carbocycles. The first-order valence-corrected chi connectivity index (χ1v) is 2.88. The third-order valence-electron chi connectivity index (χ3n) is 0.849. The Labute approximate surface area is 59.6 Å². The Morgan fingerprint density at radius 1 is 1.30 bits per heavy atom. The van der Waals surface area contributed by atoms with Crippen LogP contribution in [0.1, 0.15) is 0 Å². The Bertz CT molecular complexity index is 171. The molecule has 10 heavy (non-hydrogen) atoms. The van der Waals surface area contributed by atoms with Gasteiger partial charge in [0.1, 0.15) is 5.82 Å². The Morgan fingerprint density at radius 3 is 2.20 bits per heavy atom. The lowest BCUT2D eigenvalue weighted by atomic mass is 10.3. The van der Waals surface area contributed by atoms with Crippen LogP contribution in [0, 0.1) is 5.82 Å². The summed E-state index contributed by atoms with van der Waals surface area (Å²) in [7, 11) is 1.50. The highest BCUT2D eigenvalue weighted by molar-refractivity contribution is 5.36.